The molecular weight excluding hydrogens is 290 g/mol. The zero-order valence-electron chi connectivity index (χ0n) is 9.70. The van der Waals surface area contributed by atoms with E-state index in [0.29, 0.717) is 11.5 Å². The number of hydrogen-bond donors (Lipinski definition) is 3. The van der Waals surface area contributed by atoms with Gasteiger partial charge in [-0.3, -0.25) is 17.2 Å². The summed E-state index contributed by atoms with van der Waals surface area (Å²) in [6.45, 7) is 0.156. The molecule has 0 bridgehead atoms. The van der Waals surface area contributed by atoms with Crippen LogP contribution in [0.3, 0.4) is 0 Å². The Kier molecular flexibility index (Phi) is 4.72. The van der Waals surface area contributed by atoms with Gasteiger partial charge in [-0.1, -0.05) is 0 Å². The minimum atomic E-state index is -1.66. The lowest BCUT2D eigenvalue weighted by molar-refractivity contribution is -0.0436. The molecule has 0 amide bonds. The average Bonchev–Trinajstić information content (AvgIpc) is 2.26. The van der Waals surface area contributed by atoms with Crippen molar-refractivity contribution in [2.75, 3.05) is 14.2 Å². The fourth-order valence-corrected chi connectivity index (χ4v) is 1.77. The second-order valence-electron chi connectivity index (χ2n) is 3.46. The van der Waals surface area contributed by atoms with Crippen LogP contribution in [-0.4, -0.2) is 20.2 Å². The van der Waals surface area contributed by atoms with Crippen LogP contribution in [0.1, 0.15) is 5.56 Å². The van der Waals surface area contributed by atoms with Crippen LogP contribution < -0.4 is 26.7 Å². The summed E-state index contributed by atoms with van der Waals surface area (Å²) in [7, 11) is 3.12. The third kappa shape index (κ3) is 4.14. The van der Waals surface area contributed by atoms with E-state index in [1.165, 1.54) is 0 Å². The maximum absolute atomic E-state index is 5.32. The minimum absolute atomic E-state index is 0.156. The Morgan fingerprint density at radius 2 is 1.59 bits per heavy atom. The molecule has 96 valence electrons. The van der Waals surface area contributed by atoms with E-state index in [1.54, 1.807) is 26.4 Å². The highest BCUT2D eigenvalue weighted by Crippen LogP contribution is 2.35. The topological polar surface area (TPSA) is 106 Å². The second kappa shape index (κ2) is 5.65. The fraction of sp³-hybridized carbons (Fsp3) is 0.400. The summed E-state index contributed by atoms with van der Waals surface area (Å²) < 4.78 is 16.2. The van der Waals surface area contributed by atoms with E-state index in [9.17, 15) is 0 Å². The molecule has 0 spiro atoms. The van der Waals surface area contributed by atoms with Gasteiger partial charge in [0.15, 0.2) is 0 Å². The van der Waals surface area contributed by atoms with Gasteiger partial charge in [0.25, 0.3) is 0 Å². The Hall–Kier alpha value is -0.860. The Labute approximate surface area is 108 Å². The summed E-state index contributed by atoms with van der Waals surface area (Å²) >= 11 is 3.36. The zero-order valence-corrected chi connectivity index (χ0v) is 11.3. The van der Waals surface area contributed by atoms with Gasteiger partial charge >= 0.3 is 0 Å². The van der Waals surface area contributed by atoms with Crippen molar-refractivity contribution < 1.29 is 14.2 Å². The fourth-order valence-electron chi connectivity index (χ4n) is 1.22. The van der Waals surface area contributed by atoms with Gasteiger partial charge in [0, 0.05) is 0 Å². The van der Waals surface area contributed by atoms with E-state index in [-0.39, 0.29) is 6.61 Å². The van der Waals surface area contributed by atoms with Crippen LogP contribution in [0.2, 0.25) is 0 Å². The van der Waals surface area contributed by atoms with E-state index >= 15 is 0 Å². The summed E-state index contributed by atoms with van der Waals surface area (Å²) in [5, 5.41) is 0. The Balaban J connectivity index is 2.93. The first-order valence-corrected chi connectivity index (χ1v) is 5.57. The van der Waals surface area contributed by atoms with Crippen LogP contribution in [0.25, 0.3) is 0 Å². The van der Waals surface area contributed by atoms with E-state index < -0.39 is 5.97 Å². The van der Waals surface area contributed by atoms with Crippen LogP contribution in [0.4, 0.5) is 0 Å². The number of benzene rings is 1. The molecule has 1 aromatic carbocycles. The standard InChI is InChI=1S/C10H16BrN3O3/c1-15-7-3-6(5-17-10(12,13)14)4-8(16-2)9(7)11/h3-4H,5,12-14H2,1-2H3. The number of nitrogens with two attached hydrogens (primary N) is 3. The van der Waals surface area contributed by atoms with E-state index in [4.69, 9.17) is 31.4 Å². The van der Waals surface area contributed by atoms with Crippen molar-refractivity contribution in [3.63, 3.8) is 0 Å². The van der Waals surface area contributed by atoms with Crippen molar-refractivity contribution in [3.05, 3.63) is 22.2 Å². The summed E-state index contributed by atoms with van der Waals surface area (Å²) in [6, 6.07) is 3.55. The van der Waals surface area contributed by atoms with Crippen LogP contribution >= 0.6 is 15.9 Å². The lowest BCUT2D eigenvalue weighted by atomic mass is 10.2. The molecule has 0 radical (unpaired) electrons. The largest absolute Gasteiger partial charge is 0.495 e. The summed E-state index contributed by atoms with van der Waals surface area (Å²) in [6.07, 6.45) is 0. The Morgan fingerprint density at radius 1 is 1.12 bits per heavy atom. The molecule has 0 saturated heterocycles. The molecule has 0 saturated carbocycles. The molecule has 17 heavy (non-hydrogen) atoms. The molecule has 1 rings (SSSR count). The van der Waals surface area contributed by atoms with Crippen molar-refractivity contribution >= 4 is 15.9 Å². The van der Waals surface area contributed by atoms with Gasteiger partial charge in [0.2, 0.25) is 5.97 Å². The van der Waals surface area contributed by atoms with Crippen molar-refractivity contribution in [2.45, 2.75) is 12.6 Å². The first kappa shape index (κ1) is 14.2. The maximum atomic E-state index is 5.32. The molecular formula is C10H16BrN3O3. The number of hydrogen-bond acceptors (Lipinski definition) is 6. The molecule has 0 aliphatic carbocycles. The third-order valence-electron chi connectivity index (χ3n) is 1.99. The van der Waals surface area contributed by atoms with Gasteiger partial charge in [-0.25, -0.2) is 0 Å². The summed E-state index contributed by atoms with van der Waals surface area (Å²) in [5.41, 5.74) is 16.7. The van der Waals surface area contributed by atoms with Gasteiger partial charge < -0.3 is 14.2 Å². The summed E-state index contributed by atoms with van der Waals surface area (Å²) in [5.74, 6) is -0.410. The lowest BCUT2D eigenvalue weighted by Gasteiger charge is -2.19. The van der Waals surface area contributed by atoms with Crippen LogP contribution in [0, 0.1) is 0 Å². The number of rotatable bonds is 5. The van der Waals surface area contributed by atoms with Gasteiger partial charge in [0.1, 0.15) is 16.0 Å². The SMILES string of the molecule is COc1cc(COC(N)(N)N)cc(OC)c1Br. The molecule has 6 N–H and O–H groups in total. The predicted octanol–water partition coefficient (Wildman–Crippen LogP) is 0.470. The van der Waals surface area contributed by atoms with Crippen molar-refractivity contribution in [1.82, 2.24) is 0 Å². The zero-order chi connectivity index (χ0) is 13.1. The van der Waals surface area contributed by atoms with Crippen molar-refractivity contribution in [2.24, 2.45) is 17.2 Å². The van der Waals surface area contributed by atoms with Gasteiger partial charge in [0.05, 0.1) is 20.8 Å². The normalized spacial score (nSPS) is 11.4. The molecule has 0 aliphatic heterocycles. The molecule has 7 heteroatoms. The van der Waals surface area contributed by atoms with E-state index in [1.807, 2.05) is 0 Å². The third-order valence-corrected chi connectivity index (χ3v) is 2.78. The van der Waals surface area contributed by atoms with Crippen molar-refractivity contribution in [1.29, 1.82) is 0 Å². The predicted molar refractivity (Wildman–Crippen MR) is 67.3 cm³/mol. The van der Waals surface area contributed by atoms with E-state index in [2.05, 4.69) is 15.9 Å². The first-order chi connectivity index (χ1) is 7.87. The minimum Gasteiger partial charge on any atom is -0.495 e. The monoisotopic (exact) mass is 305 g/mol. The number of halogens is 1. The smallest absolute Gasteiger partial charge is 0.227 e. The van der Waals surface area contributed by atoms with Crippen LogP contribution in [-0.2, 0) is 11.3 Å². The highest BCUT2D eigenvalue weighted by Gasteiger charge is 2.14. The number of methoxy groups -OCH3 is 2. The summed E-state index contributed by atoms with van der Waals surface area (Å²) in [4.78, 5) is 0. The average molecular weight is 306 g/mol. The van der Waals surface area contributed by atoms with E-state index in [0.717, 1.165) is 10.0 Å². The van der Waals surface area contributed by atoms with Gasteiger partial charge in [-0.05, 0) is 33.6 Å². The molecule has 1 aromatic rings. The number of ether oxygens (including phenoxy) is 3. The molecule has 0 fully saturated rings. The lowest BCUT2D eigenvalue weighted by Crippen LogP contribution is -2.59. The molecule has 0 aromatic heterocycles. The van der Waals surface area contributed by atoms with Crippen LogP contribution in [0.15, 0.2) is 16.6 Å². The Bertz CT molecular complexity index is 368. The second-order valence-corrected chi connectivity index (χ2v) is 4.25. The maximum Gasteiger partial charge on any atom is 0.227 e. The highest BCUT2D eigenvalue weighted by molar-refractivity contribution is 9.10. The molecule has 0 aliphatic rings. The molecule has 6 nitrogen and oxygen atoms in total. The first-order valence-electron chi connectivity index (χ1n) is 4.78. The van der Waals surface area contributed by atoms with Gasteiger partial charge in [-0.2, -0.15) is 0 Å². The quantitative estimate of drug-likeness (QED) is 0.683. The van der Waals surface area contributed by atoms with Gasteiger partial charge in [-0.15, -0.1) is 0 Å². The van der Waals surface area contributed by atoms with Crippen molar-refractivity contribution in [3.8, 4) is 11.5 Å². The molecule has 0 unspecified atom stereocenters. The molecule has 0 heterocycles. The Morgan fingerprint density at radius 3 is 1.94 bits per heavy atom. The van der Waals surface area contributed by atoms with Crippen LogP contribution in [0.5, 0.6) is 11.5 Å². The highest BCUT2D eigenvalue weighted by atomic mass is 79.9. The molecule has 0 atom stereocenters.